The Morgan fingerprint density at radius 3 is 2.82 bits per heavy atom. The molecule has 1 heterocycles. The molecule has 0 saturated carbocycles. The Kier molecular flexibility index (Phi) is 5.20. The zero-order valence-electron chi connectivity index (χ0n) is 13.6. The molecule has 2 rings (SSSR count). The van der Waals surface area contributed by atoms with Crippen LogP contribution < -0.4 is 9.47 Å². The van der Waals surface area contributed by atoms with E-state index in [1.54, 1.807) is 24.5 Å². The van der Waals surface area contributed by atoms with Crippen LogP contribution in [-0.4, -0.2) is 48.2 Å². The summed E-state index contributed by atoms with van der Waals surface area (Å²) < 4.78 is 19.5. The topological polar surface area (TPSA) is 51.2 Å². The van der Waals surface area contributed by atoms with Crippen LogP contribution in [-0.2, 0) is 11.2 Å². The second-order valence-corrected chi connectivity index (χ2v) is 7.11. The van der Waals surface area contributed by atoms with Gasteiger partial charge in [0.1, 0.15) is 12.3 Å². The van der Waals surface area contributed by atoms with Gasteiger partial charge in [-0.25, -0.2) is 13.4 Å². The minimum absolute atomic E-state index is 0.274. The van der Waals surface area contributed by atoms with Gasteiger partial charge in [-0.15, -0.1) is 0 Å². The Labute approximate surface area is 135 Å². The molecule has 0 unspecified atom stereocenters. The van der Waals surface area contributed by atoms with Crippen LogP contribution in [0.1, 0.15) is 19.4 Å². The van der Waals surface area contributed by atoms with Crippen LogP contribution in [0.5, 0.6) is 11.5 Å². The van der Waals surface area contributed by atoms with Crippen molar-refractivity contribution in [2.75, 3.05) is 27.9 Å². The average Bonchev–Trinajstić information content (AvgIpc) is 2.74. The summed E-state index contributed by atoms with van der Waals surface area (Å²) in [6.07, 6.45) is 0.337. The van der Waals surface area contributed by atoms with Crippen molar-refractivity contribution >= 4 is 18.2 Å². The van der Waals surface area contributed by atoms with E-state index < -0.39 is 6.09 Å². The van der Waals surface area contributed by atoms with Crippen molar-refractivity contribution in [3.63, 3.8) is 0 Å². The number of nitrogens with zero attached hydrogens (tertiary/aromatic N) is 2. The first-order chi connectivity index (χ1) is 10.3. The van der Waals surface area contributed by atoms with Crippen molar-refractivity contribution in [1.82, 2.24) is 8.61 Å². The van der Waals surface area contributed by atoms with Gasteiger partial charge < -0.3 is 14.2 Å². The molecule has 122 valence electrons. The highest BCUT2D eigenvalue weighted by Crippen LogP contribution is 2.42. The lowest BCUT2D eigenvalue weighted by molar-refractivity contribution is 0.129. The fourth-order valence-corrected chi connectivity index (χ4v) is 2.95. The smallest absolute Gasteiger partial charge is 0.426 e. The minimum atomic E-state index is -0.463. The number of hydrogen-bond donors (Lipinski definition) is 0. The van der Waals surface area contributed by atoms with Crippen molar-refractivity contribution in [2.45, 2.75) is 25.9 Å². The Bertz CT molecular complexity index is 550. The maximum atomic E-state index is 12.2. The molecule has 0 bridgehead atoms. The summed E-state index contributed by atoms with van der Waals surface area (Å²) in [6.45, 7) is 4.43. The number of rotatable bonds is 5. The molecule has 1 amide bonds. The summed E-state index contributed by atoms with van der Waals surface area (Å²) in [5.41, 5.74) is 0.784. The van der Waals surface area contributed by atoms with Crippen LogP contribution >= 0.6 is 12.1 Å². The number of amides is 1. The molecule has 0 radical (unpaired) electrons. The summed E-state index contributed by atoms with van der Waals surface area (Å²) >= 11 is 1.21. The summed E-state index contributed by atoms with van der Waals surface area (Å²) in [5, 5.41) is 0. The summed E-state index contributed by atoms with van der Waals surface area (Å²) in [6, 6.07) is 5.61. The lowest BCUT2D eigenvalue weighted by Crippen LogP contribution is -2.29. The third-order valence-corrected chi connectivity index (χ3v) is 3.86. The number of carbonyl (C=O) groups is 1. The summed E-state index contributed by atoms with van der Waals surface area (Å²) in [5.74, 6) is 1.11. The average molecular weight is 326 g/mol. The number of fused-ring (bicyclic) bond motifs is 1. The predicted molar refractivity (Wildman–Crippen MR) is 85.9 cm³/mol. The SMILES string of the molecule is COCN(C)SN(C)C(=O)Oc1cccc2c1OC(C)(C)C2. The van der Waals surface area contributed by atoms with Crippen molar-refractivity contribution in [3.05, 3.63) is 23.8 Å². The van der Waals surface area contributed by atoms with E-state index in [9.17, 15) is 4.79 Å². The molecule has 0 aromatic heterocycles. The van der Waals surface area contributed by atoms with E-state index in [4.69, 9.17) is 14.2 Å². The van der Waals surface area contributed by atoms with Gasteiger partial charge in [0.25, 0.3) is 0 Å². The lowest BCUT2D eigenvalue weighted by Gasteiger charge is -2.22. The molecule has 0 saturated heterocycles. The first-order valence-corrected chi connectivity index (χ1v) is 7.70. The van der Waals surface area contributed by atoms with Crippen LogP contribution in [0.25, 0.3) is 0 Å². The number of methoxy groups -OCH3 is 1. The van der Waals surface area contributed by atoms with Gasteiger partial charge in [-0.05, 0) is 19.9 Å². The molecule has 1 aromatic rings. The third kappa shape index (κ3) is 4.06. The minimum Gasteiger partial charge on any atom is -0.483 e. The highest BCUT2D eigenvalue weighted by atomic mass is 32.2. The van der Waals surface area contributed by atoms with Crippen LogP contribution in [0.4, 0.5) is 4.79 Å². The Morgan fingerprint density at radius 1 is 1.41 bits per heavy atom. The number of carbonyl (C=O) groups excluding carboxylic acids is 1. The first kappa shape index (κ1) is 16.9. The third-order valence-electron chi connectivity index (χ3n) is 3.08. The number of benzene rings is 1. The second-order valence-electron chi connectivity index (χ2n) is 5.78. The Hall–Kier alpha value is -1.44. The normalized spacial score (nSPS) is 15.4. The Balaban J connectivity index is 2.03. The van der Waals surface area contributed by atoms with E-state index >= 15 is 0 Å². The van der Waals surface area contributed by atoms with Crippen molar-refractivity contribution in [2.24, 2.45) is 0 Å². The monoisotopic (exact) mass is 326 g/mol. The van der Waals surface area contributed by atoms with Gasteiger partial charge in [0, 0.05) is 45.3 Å². The van der Waals surface area contributed by atoms with E-state index in [1.165, 1.54) is 16.4 Å². The summed E-state index contributed by atoms with van der Waals surface area (Å²) in [4.78, 5) is 12.2. The van der Waals surface area contributed by atoms with Crippen LogP contribution in [0.3, 0.4) is 0 Å². The summed E-state index contributed by atoms with van der Waals surface area (Å²) in [7, 11) is 5.07. The quantitative estimate of drug-likeness (QED) is 0.612. The fraction of sp³-hybridized carbons (Fsp3) is 0.533. The molecule has 0 atom stereocenters. The Morgan fingerprint density at radius 2 is 2.14 bits per heavy atom. The molecule has 0 spiro atoms. The first-order valence-electron chi connectivity index (χ1n) is 6.97. The van der Waals surface area contributed by atoms with Crippen molar-refractivity contribution < 1.29 is 19.0 Å². The largest absolute Gasteiger partial charge is 0.483 e. The second kappa shape index (κ2) is 6.76. The molecule has 6 nitrogen and oxygen atoms in total. The fourth-order valence-electron chi connectivity index (χ4n) is 2.27. The highest BCUT2D eigenvalue weighted by molar-refractivity contribution is 7.95. The van der Waals surface area contributed by atoms with E-state index in [1.807, 2.05) is 33.0 Å². The number of para-hydroxylation sites is 1. The molecule has 0 N–H and O–H groups in total. The zero-order chi connectivity index (χ0) is 16.3. The van der Waals surface area contributed by atoms with Gasteiger partial charge in [-0.2, -0.15) is 0 Å². The maximum absolute atomic E-state index is 12.2. The molecule has 1 aliphatic rings. The highest BCUT2D eigenvalue weighted by Gasteiger charge is 2.33. The van der Waals surface area contributed by atoms with E-state index in [-0.39, 0.29) is 5.60 Å². The number of ether oxygens (including phenoxy) is 3. The van der Waals surface area contributed by atoms with Gasteiger partial charge in [0.05, 0.1) is 0 Å². The van der Waals surface area contributed by atoms with Crippen molar-refractivity contribution in [1.29, 1.82) is 0 Å². The zero-order valence-corrected chi connectivity index (χ0v) is 14.4. The van der Waals surface area contributed by atoms with Gasteiger partial charge in [0.15, 0.2) is 11.5 Å². The molecular formula is C15H22N2O4S. The standard InChI is InChI=1S/C15H22N2O4S/c1-15(2)9-11-7-6-8-12(13(11)21-15)20-14(18)17(4)22-16(3)10-19-5/h6-8H,9-10H2,1-5H3. The molecular weight excluding hydrogens is 304 g/mol. The van der Waals surface area contributed by atoms with Gasteiger partial charge >= 0.3 is 6.09 Å². The van der Waals surface area contributed by atoms with Crippen LogP contribution in [0.2, 0.25) is 0 Å². The van der Waals surface area contributed by atoms with E-state index in [0.29, 0.717) is 18.2 Å². The predicted octanol–water partition coefficient (Wildman–Crippen LogP) is 2.93. The van der Waals surface area contributed by atoms with Gasteiger partial charge in [-0.1, -0.05) is 12.1 Å². The van der Waals surface area contributed by atoms with Crippen LogP contribution in [0.15, 0.2) is 18.2 Å². The molecule has 0 aliphatic carbocycles. The molecule has 0 fully saturated rings. The van der Waals surface area contributed by atoms with Crippen molar-refractivity contribution in [3.8, 4) is 11.5 Å². The van der Waals surface area contributed by atoms with Gasteiger partial charge in [0.2, 0.25) is 0 Å². The van der Waals surface area contributed by atoms with Gasteiger partial charge in [-0.3, -0.25) is 0 Å². The van der Waals surface area contributed by atoms with E-state index in [2.05, 4.69) is 0 Å². The number of hydrogen-bond acceptors (Lipinski definition) is 6. The van der Waals surface area contributed by atoms with E-state index in [0.717, 1.165) is 12.0 Å². The maximum Gasteiger partial charge on any atom is 0.426 e. The molecule has 7 heteroatoms. The lowest BCUT2D eigenvalue weighted by atomic mass is 10.0. The molecule has 1 aliphatic heterocycles. The van der Waals surface area contributed by atoms with Crippen LogP contribution in [0, 0.1) is 0 Å². The molecule has 22 heavy (non-hydrogen) atoms. The molecule has 1 aromatic carbocycles.